The fourth-order valence-electron chi connectivity index (χ4n) is 1.45. The molecule has 2 heteroatoms. The monoisotopic (exact) mass is 192 g/mol. The zero-order chi connectivity index (χ0) is 10.2. The Morgan fingerprint density at radius 2 is 2.36 bits per heavy atom. The van der Waals surface area contributed by atoms with Crippen LogP contribution in [0.25, 0.3) is 0 Å². The Labute approximate surface area is 86.8 Å². The van der Waals surface area contributed by atoms with Crippen molar-refractivity contribution in [2.75, 3.05) is 13.1 Å². The van der Waals surface area contributed by atoms with Gasteiger partial charge in [-0.2, -0.15) is 0 Å². The van der Waals surface area contributed by atoms with E-state index in [4.69, 9.17) is 0 Å². The minimum absolute atomic E-state index is 0.937. The molecule has 2 nitrogen and oxygen atoms in total. The molecule has 0 aromatic rings. The van der Waals surface area contributed by atoms with Gasteiger partial charge in [-0.3, -0.25) is 9.98 Å². The standard InChI is InChI=1S/C12H20N2/c1-3-4-5-9-14-11(2)12-7-6-8-13-10-12/h7,10H,3-6,8-9H2,1-2H3/b14-11+. The average molecular weight is 192 g/mol. The quantitative estimate of drug-likeness (QED) is 0.472. The molecule has 0 aromatic heterocycles. The molecular weight excluding hydrogens is 172 g/mol. The Balaban J connectivity index is 2.35. The van der Waals surface area contributed by atoms with Crippen LogP contribution >= 0.6 is 0 Å². The highest BCUT2D eigenvalue weighted by Gasteiger charge is 2.00. The van der Waals surface area contributed by atoms with Crippen molar-refractivity contribution < 1.29 is 0 Å². The summed E-state index contributed by atoms with van der Waals surface area (Å²) < 4.78 is 0. The van der Waals surface area contributed by atoms with Gasteiger partial charge in [-0.1, -0.05) is 25.8 Å². The van der Waals surface area contributed by atoms with Gasteiger partial charge in [0.15, 0.2) is 0 Å². The fraction of sp³-hybridized carbons (Fsp3) is 0.667. The van der Waals surface area contributed by atoms with Crippen LogP contribution in [0.2, 0.25) is 0 Å². The van der Waals surface area contributed by atoms with Crippen molar-refractivity contribution in [3.8, 4) is 0 Å². The predicted molar refractivity (Wildman–Crippen MR) is 63.6 cm³/mol. The number of aliphatic imine (C=N–C) groups is 2. The minimum Gasteiger partial charge on any atom is -0.292 e. The second-order valence-electron chi connectivity index (χ2n) is 3.66. The molecule has 1 heterocycles. The van der Waals surface area contributed by atoms with E-state index in [0.29, 0.717) is 0 Å². The lowest BCUT2D eigenvalue weighted by molar-refractivity contribution is 0.728. The highest BCUT2D eigenvalue weighted by molar-refractivity contribution is 6.15. The van der Waals surface area contributed by atoms with Gasteiger partial charge in [0.1, 0.15) is 0 Å². The minimum atomic E-state index is 0.937. The third-order valence-corrected chi connectivity index (χ3v) is 2.38. The lowest BCUT2D eigenvalue weighted by Gasteiger charge is -2.05. The molecule has 0 aromatic carbocycles. The number of unbranched alkanes of at least 4 members (excludes halogenated alkanes) is 2. The van der Waals surface area contributed by atoms with Crippen molar-refractivity contribution in [2.24, 2.45) is 9.98 Å². The topological polar surface area (TPSA) is 24.7 Å². The Kier molecular flexibility index (Phi) is 5.20. The Bertz CT molecular complexity index is 249. The van der Waals surface area contributed by atoms with Crippen molar-refractivity contribution in [1.29, 1.82) is 0 Å². The van der Waals surface area contributed by atoms with E-state index < -0.39 is 0 Å². The summed E-state index contributed by atoms with van der Waals surface area (Å²) in [5, 5.41) is 0. The first kappa shape index (κ1) is 11.2. The molecule has 0 N–H and O–H groups in total. The third-order valence-electron chi connectivity index (χ3n) is 2.38. The molecule has 0 aliphatic carbocycles. The van der Waals surface area contributed by atoms with Crippen LogP contribution in [0.1, 0.15) is 39.5 Å². The SMILES string of the molecule is CCCCC/N=C(\C)C1=CCCN=C1. The molecule has 0 saturated carbocycles. The van der Waals surface area contributed by atoms with Gasteiger partial charge in [-0.15, -0.1) is 0 Å². The molecule has 0 atom stereocenters. The van der Waals surface area contributed by atoms with Gasteiger partial charge in [0.25, 0.3) is 0 Å². The molecule has 0 saturated heterocycles. The molecule has 1 aliphatic heterocycles. The number of dihydropyridines is 1. The maximum atomic E-state index is 4.54. The van der Waals surface area contributed by atoms with Crippen LogP contribution in [0.15, 0.2) is 21.6 Å². The number of allylic oxidation sites excluding steroid dienone is 1. The smallest absolute Gasteiger partial charge is 0.0424 e. The van der Waals surface area contributed by atoms with Crippen LogP contribution < -0.4 is 0 Å². The maximum Gasteiger partial charge on any atom is 0.0424 e. The Morgan fingerprint density at radius 1 is 1.50 bits per heavy atom. The lowest BCUT2D eigenvalue weighted by Crippen LogP contribution is -2.04. The Hall–Kier alpha value is -0.920. The van der Waals surface area contributed by atoms with Crippen LogP contribution in [-0.4, -0.2) is 25.0 Å². The normalized spacial score (nSPS) is 17.0. The van der Waals surface area contributed by atoms with E-state index in [0.717, 1.165) is 25.2 Å². The Morgan fingerprint density at radius 3 is 3.00 bits per heavy atom. The van der Waals surface area contributed by atoms with Crippen molar-refractivity contribution in [1.82, 2.24) is 0 Å². The molecule has 0 bridgehead atoms. The second-order valence-corrected chi connectivity index (χ2v) is 3.66. The van der Waals surface area contributed by atoms with Crippen molar-refractivity contribution in [3.05, 3.63) is 11.6 Å². The van der Waals surface area contributed by atoms with E-state index in [1.165, 1.54) is 24.8 Å². The van der Waals surface area contributed by atoms with Gasteiger partial charge < -0.3 is 0 Å². The van der Waals surface area contributed by atoms with Crippen LogP contribution in [0.3, 0.4) is 0 Å². The molecule has 14 heavy (non-hydrogen) atoms. The largest absolute Gasteiger partial charge is 0.292 e. The first-order valence-corrected chi connectivity index (χ1v) is 5.56. The van der Waals surface area contributed by atoms with E-state index in [1.54, 1.807) is 0 Å². The highest BCUT2D eigenvalue weighted by atomic mass is 14.8. The predicted octanol–water partition coefficient (Wildman–Crippen LogP) is 3.04. The van der Waals surface area contributed by atoms with Crippen LogP contribution in [0.5, 0.6) is 0 Å². The highest BCUT2D eigenvalue weighted by Crippen LogP contribution is 2.04. The summed E-state index contributed by atoms with van der Waals surface area (Å²) in [7, 11) is 0. The summed E-state index contributed by atoms with van der Waals surface area (Å²) >= 11 is 0. The fourth-order valence-corrected chi connectivity index (χ4v) is 1.45. The molecule has 0 radical (unpaired) electrons. The number of hydrogen-bond donors (Lipinski definition) is 0. The van der Waals surface area contributed by atoms with Gasteiger partial charge in [-0.05, 0) is 19.8 Å². The van der Waals surface area contributed by atoms with Gasteiger partial charge in [-0.25, -0.2) is 0 Å². The maximum absolute atomic E-state index is 4.54. The van der Waals surface area contributed by atoms with E-state index in [-0.39, 0.29) is 0 Å². The van der Waals surface area contributed by atoms with Gasteiger partial charge in [0.2, 0.25) is 0 Å². The molecule has 78 valence electrons. The van der Waals surface area contributed by atoms with E-state index in [9.17, 15) is 0 Å². The number of hydrogen-bond acceptors (Lipinski definition) is 2. The van der Waals surface area contributed by atoms with Gasteiger partial charge in [0.05, 0.1) is 0 Å². The van der Waals surface area contributed by atoms with Crippen molar-refractivity contribution in [3.63, 3.8) is 0 Å². The first-order chi connectivity index (χ1) is 6.84. The summed E-state index contributed by atoms with van der Waals surface area (Å²) in [6.07, 6.45) is 8.99. The number of rotatable bonds is 5. The van der Waals surface area contributed by atoms with E-state index in [1.807, 2.05) is 6.21 Å². The van der Waals surface area contributed by atoms with E-state index in [2.05, 4.69) is 29.9 Å². The zero-order valence-corrected chi connectivity index (χ0v) is 9.29. The first-order valence-electron chi connectivity index (χ1n) is 5.56. The molecule has 0 amide bonds. The molecular formula is C12H20N2. The molecule has 0 fully saturated rings. The summed E-state index contributed by atoms with van der Waals surface area (Å²) in [6.45, 7) is 6.19. The van der Waals surface area contributed by atoms with Crippen molar-refractivity contribution >= 4 is 11.9 Å². The molecule has 0 spiro atoms. The molecule has 1 rings (SSSR count). The number of nitrogens with zero attached hydrogens (tertiary/aromatic N) is 2. The van der Waals surface area contributed by atoms with E-state index >= 15 is 0 Å². The molecule has 0 unspecified atom stereocenters. The summed E-state index contributed by atoms with van der Waals surface area (Å²) in [4.78, 5) is 8.79. The average Bonchev–Trinajstić information content (AvgIpc) is 2.25. The van der Waals surface area contributed by atoms with Crippen molar-refractivity contribution in [2.45, 2.75) is 39.5 Å². The summed E-state index contributed by atoms with van der Waals surface area (Å²) in [5.74, 6) is 0. The third kappa shape index (κ3) is 3.86. The summed E-state index contributed by atoms with van der Waals surface area (Å²) in [5.41, 5.74) is 2.36. The summed E-state index contributed by atoms with van der Waals surface area (Å²) in [6, 6.07) is 0. The zero-order valence-electron chi connectivity index (χ0n) is 9.29. The van der Waals surface area contributed by atoms with Crippen LogP contribution in [-0.2, 0) is 0 Å². The second kappa shape index (κ2) is 6.52. The lowest BCUT2D eigenvalue weighted by atomic mass is 10.1. The van der Waals surface area contributed by atoms with Gasteiger partial charge >= 0.3 is 0 Å². The van der Waals surface area contributed by atoms with Gasteiger partial charge in [0, 0.05) is 30.6 Å². The molecule has 1 aliphatic rings. The van der Waals surface area contributed by atoms with Crippen LogP contribution in [0.4, 0.5) is 0 Å². The van der Waals surface area contributed by atoms with Crippen LogP contribution in [0, 0.1) is 0 Å².